The van der Waals surface area contributed by atoms with Crippen LogP contribution in [0.25, 0.3) is 5.69 Å². The zero-order valence-corrected chi connectivity index (χ0v) is 16.2. The summed E-state index contributed by atoms with van der Waals surface area (Å²) in [4.78, 5) is 28.1. The van der Waals surface area contributed by atoms with E-state index in [9.17, 15) is 9.59 Å². The van der Waals surface area contributed by atoms with Crippen LogP contribution in [-0.2, 0) is 16.1 Å². The number of rotatable bonds is 5. The van der Waals surface area contributed by atoms with Crippen molar-refractivity contribution in [3.63, 3.8) is 0 Å². The summed E-state index contributed by atoms with van der Waals surface area (Å²) < 4.78 is 1.88. The van der Waals surface area contributed by atoms with Gasteiger partial charge in [0, 0.05) is 51.4 Å². The van der Waals surface area contributed by atoms with Crippen LogP contribution in [-0.4, -0.2) is 63.1 Å². The number of para-hydroxylation sites is 1. The molecule has 1 saturated heterocycles. The summed E-state index contributed by atoms with van der Waals surface area (Å²) in [5.41, 5.74) is 1.32. The summed E-state index contributed by atoms with van der Waals surface area (Å²) in [6, 6.07) is 10.0. The van der Waals surface area contributed by atoms with Gasteiger partial charge in [-0.3, -0.25) is 14.5 Å². The second kappa shape index (κ2) is 7.92. The Morgan fingerprint density at radius 2 is 1.78 bits per heavy atom. The normalized spacial score (nSPS) is 15.6. The van der Waals surface area contributed by atoms with Crippen LogP contribution in [0, 0.1) is 0 Å². The Morgan fingerprint density at radius 1 is 1.11 bits per heavy atom. The van der Waals surface area contributed by atoms with Crippen molar-refractivity contribution in [3.8, 4) is 5.69 Å². The van der Waals surface area contributed by atoms with Crippen molar-refractivity contribution in [1.29, 1.82) is 0 Å². The van der Waals surface area contributed by atoms with Crippen molar-refractivity contribution in [2.24, 2.45) is 0 Å². The summed E-state index contributed by atoms with van der Waals surface area (Å²) >= 11 is 0. The van der Waals surface area contributed by atoms with Gasteiger partial charge in [0.05, 0.1) is 11.9 Å². The fraction of sp³-hybridized carbons (Fsp3) is 0.450. The van der Waals surface area contributed by atoms with Gasteiger partial charge in [-0.2, -0.15) is 5.10 Å². The highest BCUT2D eigenvalue weighted by molar-refractivity contribution is 5.90. The largest absolute Gasteiger partial charge is 0.342 e. The molecule has 7 heteroatoms. The summed E-state index contributed by atoms with van der Waals surface area (Å²) in [5.74, 6) is -0.225. The number of aromatic nitrogens is 2. The average Bonchev–Trinajstić information content (AvgIpc) is 3.10. The minimum Gasteiger partial charge on any atom is -0.342 e. The highest BCUT2D eigenvalue weighted by atomic mass is 16.2. The predicted molar refractivity (Wildman–Crippen MR) is 103 cm³/mol. The van der Waals surface area contributed by atoms with Gasteiger partial charge in [-0.25, -0.2) is 4.68 Å². The van der Waals surface area contributed by atoms with E-state index in [1.807, 2.05) is 52.3 Å². The lowest BCUT2D eigenvalue weighted by atomic mass is 10.0. The van der Waals surface area contributed by atoms with Crippen molar-refractivity contribution in [3.05, 3.63) is 48.3 Å². The monoisotopic (exact) mass is 369 g/mol. The van der Waals surface area contributed by atoms with Gasteiger partial charge in [0.2, 0.25) is 11.8 Å². The molecule has 27 heavy (non-hydrogen) atoms. The van der Waals surface area contributed by atoms with Gasteiger partial charge in [0.15, 0.2) is 0 Å². The van der Waals surface area contributed by atoms with Gasteiger partial charge >= 0.3 is 0 Å². The molecule has 0 bridgehead atoms. The van der Waals surface area contributed by atoms with E-state index in [1.54, 1.807) is 13.8 Å². The third-order valence-electron chi connectivity index (χ3n) is 4.75. The van der Waals surface area contributed by atoms with E-state index < -0.39 is 5.54 Å². The van der Waals surface area contributed by atoms with E-state index in [0.29, 0.717) is 13.1 Å². The van der Waals surface area contributed by atoms with Crippen molar-refractivity contribution in [2.75, 3.05) is 26.2 Å². The number of nitrogens with one attached hydrogen (secondary N) is 1. The maximum atomic E-state index is 12.7. The van der Waals surface area contributed by atoms with Crippen LogP contribution in [0.3, 0.4) is 0 Å². The van der Waals surface area contributed by atoms with E-state index in [-0.39, 0.29) is 11.8 Å². The molecule has 3 rings (SSSR count). The number of amides is 2. The zero-order chi connectivity index (χ0) is 19.4. The minimum absolute atomic E-state index is 0.0331. The van der Waals surface area contributed by atoms with Crippen molar-refractivity contribution in [2.45, 2.75) is 32.9 Å². The Bertz CT molecular complexity index is 792. The molecule has 1 aliphatic heterocycles. The third-order valence-corrected chi connectivity index (χ3v) is 4.75. The Labute approximate surface area is 159 Å². The van der Waals surface area contributed by atoms with E-state index in [4.69, 9.17) is 0 Å². The molecule has 1 fully saturated rings. The molecule has 0 aliphatic carbocycles. The number of carbonyl (C=O) groups is 2. The first kappa shape index (κ1) is 19.1. The number of hydrogen-bond donors (Lipinski definition) is 1. The van der Waals surface area contributed by atoms with Crippen molar-refractivity contribution >= 4 is 11.8 Å². The molecule has 2 aromatic rings. The lowest BCUT2D eigenvalue weighted by Gasteiger charge is -2.38. The van der Waals surface area contributed by atoms with Crippen LogP contribution < -0.4 is 5.32 Å². The highest BCUT2D eigenvalue weighted by Crippen LogP contribution is 2.14. The van der Waals surface area contributed by atoms with Gasteiger partial charge in [-0.15, -0.1) is 0 Å². The fourth-order valence-corrected chi connectivity index (χ4v) is 3.42. The van der Waals surface area contributed by atoms with Crippen LogP contribution >= 0.6 is 0 Å². The number of carbonyl (C=O) groups excluding carboxylic acids is 2. The molecule has 0 saturated carbocycles. The minimum atomic E-state index is -0.870. The lowest BCUT2D eigenvalue weighted by Crippen LogP contribution is -2.59. The molecule has 2 heterocycles. The molecule has 0 unspecified atom stereocenters. The van der Waals surface area contributed by atoms with E-state index in [1.165, 1.54) is 6.92 Å². The molecule has 0 radical (unpaired) electrons. The highest BCUT2D eigenvalue weighted by Gasteiger charge is 2.34. The van der Waals surface area contributed by atoms with Crippen LogP contribution in [0.2, 0.25) is 0 Å². The SMILES string of the molecule is CC(=O)NC(C)(C)C(=O)N1CCN(Cc2cnn(-c3ccccc3)c2)CC1. The number of benzene rings is 1. The first-order valence-corrected chi connectivity index (χ1v) is 9.24. The summed E-state index contributed by atoms with van der Waals surface area (Å²) in [6.45, 7) is 8.68. The first-order chi connectivity index (χ1) is 12.8. The molecule has 0 atom stereocenters. The predicted octanol–water partition coefficient (Wildman–Crippen LogP) is 1.43. The smallest absolute Gasteiger partial charge is 0.247 e. The Kier molecular flexibility index (Phi) is 5.60. The molecule has 7 nitrogen and oxygen atoms in total. The van der Waals surface area contributed by atoms with E-state index >= 15 is 0 Å². The Morgan fingerprint density at radius 3 is 2.41 bits per heavy atom. The third kappa shape index (κ3) is 4.74. The second-order valence-corrected chi connectivity index (χ2v) is 7.50. The number of piperazine rings is 1. The van der Waals surface area contributed by atoms with Gasteiger partial charge in [-0.1, -0.05) is 18.2 Å². The quantitative estimate of drug-likeness (QED) is 0.866. The molecule has 1 aromatic carbocycles. The maximum absolute atomic E-state index is 12.7. The standard InChI is InChI=1S/C20H27N5O2/c1-16(26)22-20(2,3)19(27)24-11-9-23(10-12-24)14-17-13-21-25(15-17)18-7-5-4-6-8-18/h4-8,13,15H,9-12,14H2,1-3H3,(H,22,26). The Balaban J connectivity index is 1.53. The zero-order valence-electron chi connectivity index (χ0n) is 16.2. The van der Waals surface area contributed by atoms with Crippen molar-refractivity contribution < 1.29 is 9.59 Å². The number of hydrogen-bond acceptors (Lipinski definition) is 4. The van der Waals surface area contributed by atoms with Gasteiger partial charge in [-0.05, 0) is 26.0 Å². The molecule has 0 spiro atoms. The molecule has 144 valence electrons. The van der Waals surface area contributed by atoms with Crippen LogP contribution in [0.4, 0.5) is 0 Å². The second-order valence-electron chi connectivity index (χ2n) is 7.50. The molecule has 2 amide bonds. The summed E-state index contributed by atoms with van der Waals surface area (Å²) in [5, 5.41) is 7.17. The van der Waals surface area contributed by atoms with Crippen LogP contribution in [0.1, 0.15) is 26.3 Å². The average molecular weight is 369 g/mol. The van der Waals surface area contributed by atoms with E-state index in [2.05, 4.69) is 15.3 Å². The van der Waals surface area contributed by atoms with Crippen LogP contribution in [0.15, 0.2) is 42.7 Å². The molecule has 1 aliphatic rings. The van der Waals surface area contributed by atoms with Crippen LogP contribution in [0.5, 0.6) is 0 Å². The molecule has 1 N–H and O–H groups in total. The van der Waals surface area contributed by atoms with Gasteiger partial charge < -0.3 is 10.2 Å². The summed E-state index contributed by atoms with van der Waals surface area (Å²) in [7, 11) is 0. The van der Waals surface area contributed by atoms with Gasteiger partial charge in [0.1, 0.15) is 5.54 Å². The van der Waals surface area contributed by atoms with Crippen molar-refractivity contribution in [1.82, 2.24) is 24.9 Å². The topological polar surface area (TPSA) is 70.5 Å². The molecular weight excluding hydrogens is 342 g/mol. The van der Waals surface area contributed by atoms with E-state index in [0.717, 1.165) is 30.9 Å². The number of nitrogens with zero attached hydrogens (tertiary/aromatic N) is 4. The lowest BCUT2D eigenvalue weighted by molar-refractivity contribution is -0.141. The maximum Gasteiger partial charge on any atom is 0.247 e. The first-order valence-electron chi connectivity index (χ1n) is 9.24. The summed E-state index contributed by atoms with van der Waals surface area (Å²) in [6.07, 6.45) is 3.94. The molecule has 1 aromatic heterocycles. The Hall–Kier alpha value is -2.67. The fourth-order valence-electron chi connectivity index (χ4n) is 3.42. The van der Waals surface area contributed by atoms with Gasteiger partial charge in [0.25, 0.3) is 0 Å². The molecular formula is C20H27N5O2.